The van der Waals surface area contributed by atoms with Crippen molar-refractivity contribution in [2.45, 2.75) is 4.90 Å². The standard InChI is InChI=1S/C27H23N5O3S2/c33-25(16-18-28-21-8-2-1-3-9-21)20-7-6-10-23(19-20)31-27(36)30-22-12-14-24(15-13-22)37(34,35)32-26-11-4-5-17-29-26/h1-19,28H,(H,29,32)(H2,30,31,36)/b18-16+. The first-order chi connectivity index (χ1) is 17.9. The van der Waals surface area contributed by atoms with Crippen LogP contribution in [0.1, 0.15) is 10.4 Å². The fraction of sp³-hybridized carbons (Fsp3) is 0. The molecule has 0 aliphatic carbocycles. The zero-order valence-electron chi connectivity index (χ0n) is 19.5. The molecule has 0 bridgehead atoms. The maximum Gasteiger partial charge on any atom is 0.263 e. The van der Waals surface area contributed by atoms with E-state index in [9.17, 15) is 13.2 Å². The lowest BCUT2D eigenvalue weighted by molar-refractivity contribution is 0.104. The van der Waals surface area contributed by atoms with Crippen molar-refractivity contribution >= 4 is 56.0 Å². The molecule has 0 aliphatic rings. The Bertz CT molecular complexity index is 1510. The molecular weight excluding hydrogens is 506 g/mol. The maximum absolute atomic E-state index is 12.6. The molecule has 0 amide bonds. The summed E-state index contributed by atoms with van der Waals surface area (Å²) in [6.45, 7) is 0. The third-order valence-electron chi connectivity index (χ3n) is 4.99. The van der Waals surface area contributed by atoms with Gasteiger partial charge in [0.05, 0.1) is 4.90 Å². The third kappa shape index (κ3) is 7.47. The molecule has 0 radical (unpaired) electrons. The number of nitrogens with zero attached hydrogens (tertiary/aromatic N) is 1. The van der Waals surface area contributed by atoms with Crippen LogP contribution in [0.4, 0.5) is 22.9 Å². The highest BCUT2D eigenvalue weighted by atomic mass is 32.2. The zero-order chi connectivity index (χ0) is 26.1. The highest BCUT2D eigenvalue weighted by Gasteiger charge is 2.14. The first-order valence-electron chi connectivity index (χ1n) is 11.1. The summed E-state index contributed by atoms with van der Waals surface area (Å²) in [6.07, 6.45) is 4.56. The molecule has 0 atom stereocenters. The molecule has 4 aromatic rings. The van der Waals surface area contributed by atoms with Crippen LogP contribution in [0.3, 0.4) is 0 Å². The molecular formula is C27H23N5O3S2. The Morgan fingerprint density at radius 3 is 2.22 bits per heavy atom. The van der Waals surface area contributed by atoms with Crippen molar-refractivity contribution in [2.75, 3.05) is 20.7 Å². The Balaban J connectivity index is 1.33. The van der Waals surface area contributed by atoms with Gasteiger partial charge in [-0.3, -0.25) is 9.52 Å². The van der Waals surface area contributed by atoms with Gasteiger partial charge >= 0.3 is 0 Å². The van der Waals surface area contributed by atoms with Gasteiger partial charge in [0, 0.05) is 41.1 Å². The van der Waals surface area contributed by atoms with Gasteiger partial charge in [-0.2, -0.15) is 0 Å². The zero-order valence-corrected chi connectivity index (χ0v) is 21.1. The number of aromatic nitrogens is 1. The first-order valence-corrected chi connectivity index (χ1v) is 13.0. The summed E-state index contributed by atoms with van der Waals surface area (Å²) in [7, 11) is -3.77. The van der Waals surface area contributed by atoms with Crippen molar-refractivity contribution in [1.29, 1.82) is 0 Å². The van der Waals surface area contributed by atoms with Gasteiger partial charge in [0.15, 0.2) is 10.9 Å². The minimum absolute atomic E-state index is 0.0867. The molecule has 0 aliphatic heterocycles. The number of hydrogen-bond acceptors (Lipinski definition) is 6. The SMILES string of the molecule is O=C(/C=C/Nc1ccccc1)c1cccc(NC(=S)Nc2ccc(S(=O)(=O)Nc3ccccn3)cc2)c1. The third-order valence-corrected chi connectivity index (χ3v) is 6.56. The van der Waals surface area contributed by atoms with Crippen molar-refractivity contribution in [3.8, 4) is 0 Å². The molecule has 3 aromatic carbocycles. The van der Waals surface area contributed by atoms with Crippen LogP contribution >= 0.6 is 12.2 Å². The number of anilines is 4. The summed E-state index contributed by atoms with van der Waals surface area (Å²) in [5, 5.41) is 9.38. The Morgan fingerprint density at radius 2 is 1.49 bits per heavy atom. The number of carbonyl (C=O) groups excluding carboxylic acids is 1. The number of ketones is 1. The lowest BCUT2D eigenvalue weighted by atomic mass is 10.1. The Hall–Kier alpha value is -4.54. The second-order valence-electron chi connectivity index (χ2n) is 7.71. The summed E-state index contributed by atoms with van der Waals surface area (Å²) >= 11 is 5.37. The fourth-order valence-electron chi connectivity index (χ4n) is 3.22. The average molecular weight is 530 g/mol. The van der Waals surface area contributed by atoms with Gasteiger partial charge in [0.25, 0.3) is 10.0 Å². The Morgan fingerprint density at radius 1 is 0.784 bits per heavy atom. The topological polar surface area (TPSA) is 112 Å². The van der Waals surface area contributed by atoms with Crippen LogP contribution in [0.15, 0.2) is 120 Å². The number of para-hydroxylation sites is 1. The quantitative estimate of drug-likeness (QED) is 0.128. The van der Waals surface area contributed by atoms with Crippen molar-refractivity contribution in [2.24, 2.45) is 0 Å². The van der Waals surface area contributed by atoms with E-state index < -0.39 is 10.0 Å². The normalized spacial score (nSPS) is 11.0. The lowest BCUT2D eigenvalue weighted by Crippen LogP contribution is -2.19. The van der Waals surface area contributed by atoms with Crippen LogP contribution in [-0.2, 0) is 10.0 Å². The molecule has 10 heteroatoms. The van der Waals surface area contributed by atoms with Gasteiger partial charge in [-0.15, -0.1) is 0 Å². The average Bonchev–Trinajstić information content (AvgIpc) is 2.90. The number of sulfonamides is 1. The van der Waals surface area contributed by atoms with E-state index >= 15 is 0 Å². The van der Waals surface area contributed by atoms with Crippen LogP contribution in [0.5, 0.6) is 0 Å². The fourth-order valence-corrected chi connectivity index (χ4v) is 4.47. The predicted octanol–water partition coefficient (Wildman–Crippen LogP) is 5.50. The van der Waals surface area contributed by atoms with Crippen LogP contribution in [-0.4, -0.2) is 24.3 Å². The monoisotopic (exact) mass is 529 g/mol. The summed E-state index contributed by atoms with van der Waals surface area (Å²) in [5.41, 5.74) is 2.60. The highest BCUT2D eigenvalue weighted by molar-refractivity contribution is 7.92. The number of pyridine rings is 1. The minimum Gasteiger partial charge on any atom is -0.362 e. The number of hydrogen-bond donors (Lipinski definition) is 4. The minimum atomic E-state index is -3.77. The largest absolute Gasteiger partial charge is 0.362 e. The molecule has 1 heterocycles. The van der Waals surface area contributed by atoms with Crippen molar-refractivity contribution in [3.63, 3.8) is 0 Å². The van der Waals surface area contributed by atoms with E-state index in [-0.39, 0.29) is 21.6 Å². The molecule has 0 fully saturated rings. The number of benzene rings is 3. The molecule has 0 unspecified atom stereocenters. The molecule has 4 rings (SSSR count). The predicted molar refractivity (Wildman–Crippen MR) is 151 cm³/mol. The molecule has 8 nitrogen and oxygen atoms in total. The van der Waals surface area contributed by atoms with Gasteiger partial charge in [-0.25, -0.2) is 13.4 Å². The van der Waals surface area contributed by atoms with E-state index in [4.69, 9.17) is 12.2 Å². The number of nitrogens with one attached hydrogen (secondary N) is 4. The highest BCUT2D eigenvalue weighted by Crippen LogP contribution is 2.18. The summed E-state index contributed by atoms with van der Waals surface area (Å²) in [4.78, 5) is 16.6. The van der Waals surface area contributed by atoms with Crippen LogP contribution in [0.2, 0.25) is 0 Å². The van der Waals surface area contributed by atoms with E-state index in [2.05, 4.69) is 25.7 Å². The van der Waals surface area contributed by atoms with Gasteiger partial charge in [0.2, 0.25) is 0 Å². The molecule has 37 heavy (non-hydrogen) atoms. The van der Waals surface area contributed by atoms with Crippen LogP contribution in [0.25, 0.3) is 0 Å². The van der Waals surface area contributed by atoms with E-state index in [1.807, 2.05) is 30.3 Å². The Kier molecular flexibility index (Phi) is 8.24. The van der Waals surface area contributed by atoms with E-state index in [1.54, 1.807) is 60.8 Å². The lowest BCUT2D eigenvalue weighted by Gasteiger charge is -2.12. The van der Waals surface area contributed by atoms with Crippen molar-refractivity contribution in [3.05, 3.63) is 121 Å². The number of carbonyl (C=O) groups is 1. The van der Waals surface area contributed by atoms with Crippen molar-refractivity contribution in [1.82, 2.24) is 4.98 Å². The molecule has 4 N–H and O–H groups in total. The summed E-state index contributed by atoms with van der Waals surface area (Å²) < 4.78 is 27.5. The van der Waals surface area contributed by atoms with Gasteiger partial charge in [0.1, 0.15) is 5.82 Å². The van der Waals surface area contributed by atoms with Gasteiger partial charge in [-0.1, -0.05) is 36.4 Å². The molecule has 0 saturated carbocycles. The van der Waals surface area contributed by atoms with Crippen LogP contribution < -0.4 is 20.7 Å². The Labute approximate surface area is 220 Å². The van der Waals surface area contributed by atoms with E-state index in [0.29, 0.717) is 16.9 Å². The molecule has 1 aromatic heterocycles. The van der Waals surface area contributed by atoms with Crippen molar-refractivity contribution < 1.29 is 13.2 Å². The van der Waals surface area contributed by atoms with Gasteiger partial charge in [-0.05, 0) is 72.9 Å². The smallest absolute Gasteiger partial charge is 0.263 e. The second-order valence-corrected chi connectivity index (χ2v) is 9.80. The number of rotatable bonds is 9. The van der Waals surface area contributed by atoms with Gasteiger partial charge < -0.3 is 16.0 Å². The first kappa shape index (κ1) is 25.5. The summed E-state index contributed by atoms with van der Waals surface area (Å²) in [5.74, 6) is 0.0702. The molecule has 186 valence electrons. The maximum atomic E-state index is 12.6. The number of allylic oxidation sites excluding steroid dienone is 1. The molecule has 0 saturated heterocycles. The molecule has 0 spiro atoms. The number of thiocarbonyl (C=S) groups is 1. The van der Waals surface area contributed by atoms with E-state index in [1.165, 1.54) is 24.4 Å². The summed E-state index contributed by atoms with van der Waals surface area (Å²) in [6, 6.07) is 27.6. The van der Waals surface area contributed by atoms with Crippen LogP contribution in [0, 0.1) is 0 Å². The second kappa shape index (κ2) is 11.9. The van der Waals surface area contributed by atoms with E-state index in [0.717, 1.165) is 5.69 Å².